The van der Waals surface area contributed by atoms with E-state index in [0.717, 1.165) is 0 Å². The Hall–Kier alpha value is -1.47. The van der Waals surface area contributed by atoms with Gasteiger partial charge in [0.15, 0.2) is 11.0 Å². The number of nitrogens with zero attached hydrogens (tertiary/aromatic N) is 1. The third-order valence-electron chi connectivity index (χ3n) is 1.57. The first-order chi connectivity index (χ1) is 6.63. The molecule has 0 fully saturated rings. The van der Waals surface area contributed by atoms with Crippen molar-refractivity contribution in [3.05, 3.63) is 23.1 Å². The fourth-order valence-corrected chi connectivity index (χ4v) is 1.07. The molecule has 1 amide bonds. The molecule has 1 atom stereocenters. The molecular weight excluding hydrogens is 204 g/mol. The van der Waals surface area contributed by atoms with Gasteiger partial charge in [-0.25, -0.2) is 0 Å². The van der Waals surface area contributed by atoms with E-state index in [1.54, 1.807) is 6.92 Å². The molecule has 5 heteroatoms. The summed E-state index contributed by atoms with van der Waals surface area (Å²) in [4.78, 5) is 11.4. The lowest BCUT2D eigenvalue weighted by Gasteiger charge is -2.07. The molecule has 0 aliphatic heterocycles. The van der Waals surface area contributed by atoms with Crippen molar-refractivity contribution in [2.45, 2.75) is 19.4 Å². The predicted molar refractivity (Wildman–Crippen MR) is 50.9 cm³/mol. The van der Waals surface area contributed by atoms with Crippen LogP contribution in [0.5, 0.6) is 0 Å². The molecule has 0 aromatic carbocycles. The number of rotatable bonds is 3. The van der Waals surface area contributed by atoms with E-state index in [2.05, 4.69) is 5.32 Å². The number of hydrogen-bond donors (Lipinski definition) is 1. The van der Waals surface area contributed by atoms with Crippen LogP contribution in [-0.2, 0) is 0 Å². The zero-order chi connectivity index (χ0) is 10.6. The van der Waals surface area contributed by atoms with Crippen LogP contribution in [0, 0.1) is 11.3 Å². The van der Waals surface area contributed by atoms with Crippen LogP contribution < -0.4 is 5.32 Å². The van der Waals surface area contributed by atoms with Gasteiger partial charge in [0.2, 0.25) is 0 Å². The number of carbonyl (C=O) groups is 1. The highest BCUT2D eigenvalue weighted by molar-refractivity contribution is 6.29. The quantitative estimate of drug-likeness (QED) is 0.833. The van der Waals surface area contributed by atoms with Gasteiger partial charge in [-0.05, 0) is 30.7 Å². The average Bonchev–Trinajstić information content (AvgIpc) is 2.52. The Bertz CT molecular complexity index is 367. The van der Waals surface area contributed by atoms with E-state index in [9.17, 15) is 4.79 Å². The first-order valence-corrected chi connectivity index (χ1v) is 4.44. The highest BCUT2D eigenvalue weighted by Crippen LogP contribution is 2.12. The van der Waals surface area contributed by atoms with Crippen molar-refractivity contribution in [1.82, 2.24) is 5.32 Å². The Kier molecular flexibility index (Phi) is 3.55. The molecule has 1 aromatic rings. The molecule has 0 aliphatic carbocycles. The highest BCUT2D eigenvalue weighted by atomic mass is 35.5. The van der Waals surface area contributed by atoms with Crippen LogP contribution in [-0.4, -0.2) is 11.9 Å². The van der Waals surface area contributed by atoms with Crippen molar-refractivity contribution in [3.8, 4) is 6.07 Å². The largest absolute Gasteiger partial charge is 0.440 e. The summed E-state index contributed by atoms with van der Waals surface area (Å²) >= 11 is 5.50. The second kappa shape index (κ2) is 4.68. The summed E-state index contributed by atoms with van der Waals surface area (Å²) in [5.41, 5.74) is 0. The van der Waals surface area contributed by atoms with Gasteiger partial charge in [0.05, 0.1) is 12.5 Å². The molecule has 1 rings (SSSR count). The number of halogens is 1. The van der Waals surface area contributed by atoms with Crippen LogP contribution in [0.15, 0.2) is 16.5 Å². The summed E-state index contributed by atoms with van der Waals surface area (Å²) in [5.74, 6) is -0.209. The minimum atomic E-state index is -0.361. The number of furan rings is 1. The van der Waals surface area contributed by atoms with Crippen LogP contribution in [0.1, 0.15) is 23.9 Å². The Morgan fingerprint density at radius 1 is 1.79 bits per heavy atom. The molecular formula is C9H9ClN2O2. The third kappa shape index (κ3) is 2.79. The molecule has 0 radical (unpaired) electrons. The summed E-state index contributed by atoms with van der Waals surface area (Å²) in [7, 11) is 0. The Morgan fingerprint density at radius 3 is 3.00 bits per heavy atom. The summed E-state index contributed by atoms with van der Waals surface area (Å²) < 4.78 is 4.89. The fraction of sp³-hybridized carbons (Fsp3) is 0.333. The maximum absolute atomic E-state index is 11.4. The van der Waals surface area contributed by atoms with Crippen LogP contribution in [0.25, 0.3) is 0 Å². The molecule has 1 N–H and O–H groups in total. The summed E-state index contributed by atoms with van der Waals surface area (Å²) in [5, 5.41) is 11.1. The van der Waals surface area contributed by atoms with Gasteiger partial charge in [-0.1, -0.05) is 0 Å². The predicted octanol–water partition coefficient (Wildman–Crippen LogP) is 1.96. The van der Waals surface area contributed by atoms with Crippen LogP contribution in [0.3, 0.4) is 0 Å². The number of nitrogens with one attached hydrogen (secondary N) is 1. The molecule has 0 spiro atoms. The van der Waals surface area contributed by atoms with Gasteiger partial charge in [0, 0.05) is 6.04 Å². The van der Waals surface area contributed by atoms with Gasteiger partial charge in [0.1, 0.15) is 0 Å². The third-order valence-corrected chi connectivity index (χ3v) is 1.78. The van der Waals surface area contributed by atoms with Crippen molar-refractivity contribution in [3.63, 3.8) is 0 Å². The van der Waals surface area contributed by atoms with Gasteiger partial charge >= 0.3 is 0 Å². The van der Waals surface area contributed by atoms with Gasteiger partial charge in [-0.2, -0.15) is 5.26 Å². The molecule has 1 unspecified atom stereocenters. The highest BCUT2D eigenvalue weighted by Gasteiger charge is 2.12. The van der Waals surface area contributed by atoms with Gasteiger partial charge in [-0.15, -0.1) is 0 Å². The minimum Gasteiger partial charge on any atom is -0.440 e. The zero-order valence-electron chi connectivity index (χ0n) is 7.58. The van der Waals surface area contributed by atoms with E-state index in [1.165, 1.54) is 12.1 Å². The maximum atomic E-state index is 11.4. The number of amides is 1. The Morgan fingerprint density at radius 2 is 2.50 bits per heavy atom. The Labute approximate surface area is 86.5 Å². The Balaban J connectivity index is 2.55. The summed E-state index contributed by atoms with van der Waals surface area (Å²) in [6, 6.07) is 4.73. The second-order valence-corrected chi connectivity index (χ2v) is 3.21. The fourth-order valence-electron chi connectivity index (χ4n) is 0.919. The lowest BCUT2D eigenvalue weighted by molar-refractivity contribution is 0.0913. The maximum Gasteiger partial charge on any atom is 0.287 e. The standard InChI is InChI=1S/C9H9ClN2O2/c1-6(4-5-11)12-9(13)7-2-3-8(10)14-7/h2-3,6H,4H2,1H3,(H,12,13). The topological polar surface area (TPSA) is 66.0 Å². The zero-order valence-corrected chi connectivity index (χ0v) is 8.34. The lowest BCUT2D eigenvalue weighted by Crippen LogP contribution is -2.31. The van der Waals surface area contributed by atoms with Crippen molar-refractivity contribution in [2.24, 2.45) is 0 Å². The minimum absolute atomic E-state index is 0.153. The van der Waals surface area contributed by atoms with Crippen molar-refractivity contribution >= 4 is 17.5 Å². The first kappa shape index (κ1) is 10.6. The van der Waals surface area contributed by atoms with Crippen LogP contribution in [0.2, 0.25) is 5.22 Å². The van der Waals surface area contributed by atoms with Crippen molar-refractivity contribution in [1.29, 1.82) is 5.26 Å². The molecule has 4 nitrogen and oxygen atoms in total. The van der Waals surface area contributed by atoms with Gasteiger partial charge in [0.25, 0.3) is 5.91 Å². The SMILES string of the molecule is CC(CC#N)NC(=O)c1ccc(Cl)o1. The van der Waals surface area contributed by atoms with E-state index in [-0.39, 0.29) is 29.3 Å². The van der Waals surface area contributed by atoms with E-state index < -0.39 is 0 Å². The molecule has 0 saturated carbocycles. The first-order valence-electron chi connectivity index (χ1n) is 4.06. The molecule has 0 bridgehead atoms. The van der Waals surface area contributed by atoms with E-state index in [0.29, 0.717) is 0 Å². The van der Waals surface area contributed by atoms with Crippen LogP contribution >= 0.6 is 11.6 Å². The molecule has 74 valence electrons. The molecule has 0 aliphatic rings. The normalized spacial score (nSPS) is 11.8. The van der Waals surface area contributed by atoms with Crippen molar-refractivity contribution in [2.75, 3.05) is 0 Å². The lowest BCUT2D eigenvalue weighted by atomic mass is 10.2. The average molecular weight is 213 g/mol. The molecule has 1 heterocycles. The summed E-state index contributed by atoms with van der Waals surface area (Å²) in [6.45, 7) is 1.74. The second-order valence-electron chi connectivity index (χ2n) is 2.84. The molecule has 1 aromatic heterocycles. The van der Waals surface area contributed by atoms with E-state index in [1.807, 2.05) is 6.07 Å². The van der Waals surface area contributed by atoms with Crippen LogP contribution in [0.4, 0.5) is 0 Å². The van der Waals surface area contributed by atoms with Gasteiger partial charge < -0.3 is 9.73 Å². The number of hydrogen-bond acceptors (Lipinski definition) is 3. The molecule has 14 heavy (non-hydrogen) atoms. The number of nitriles is 1. The van der Waals surface area contributed by atoms with E-state index in [4.69, 9.17) is 21.3 Å². The monoisotopic (exact) mass is 212 g/mol. The smallest absolute Gasteiger partial charge is 0.287 e. The van der Waals surface area contributed by atoms with E-state index >= 15 is 0 Å². The van der Waals surface area contributed by atoms with Crippen molar-refractivity contribution < 1.29 is 9.21 Å². The number of carbonyl (C=O) groups excluding carboxylic acids is 1. The van der Waals surface area contributed by atoms with Gasteiger partial charge in [-0.3, -0.25) is 4.79 Å². The summed E-state index contributed by atoms with van der Waals surface area (Å²) in [6.07, 6.45) is 0.264. The molecule has 0 saturated heterocycles.